The SMILES string of the molecule is COc1cc(NC(=O)N2C3CCC2CC(n2c(=O)[nH]c4c(Br)cccc42)C3)ccc1C. The van der Waals surface area contributed by atoms with Crippen LogP contribution in [-0.2, 0) is 0 Å². The highest BCUT2D eigenvalue weighted by atomic mass is 79.9. The molecule has 2 atom stereocenters. The van der Waals surface area contributed by atoms with Gasteiger partial charge in [-0.1, -0.05) is 12.1 Å². The number of nitrogens with zero attached hydrogens (tertiary/aromatic N) is 2. The van der Waals surface area contributed by atoms with Gasteiger partial charge < -0.3 is 19.9 Å². The van der Waals surface area contributed by atoms with Crippen molar-refractivity contribution in [2.24, 2.45) is 0 Å². The van der Waals surface area contributed by atoms with E-state index in [-0.39, 0.29) is 29.8 Å². The molecule has 2 unspecified atom stereocenters. The average molecular weight is 485 g/mol. The second kappa shape index (κ2) is 7.75. The molecule has 3 aromatic rings. The number of H-pyrrole nitrogens is 1. The summed E-state index contributed by atoms with van der Waals surface area (Å²) in [4.78, 5) is 30.8. The first-order chi connectivity index (χ1) is 15.0. The Morgan fingerprint density at radius 1 is 1.16 bits per heavy atom. The van der Waals surface area contributed by atoms with Crippen molar-refractivity contribution in [1.29, 1.82) is 0 Å². The summed E-state index contributed by atoms with van der Waals surface area (Å²) < 4.78 is 8.14. The number of halogens is 1. The number of benzene rings is 2. The fourth-order valence-corrected chi connectivity index (χ4v) is 5.71. The van der Waals surface area contributed by atoms with E-state index in [1.165, 1.54) is 0 Å². The quantitative estimate of drug-likeness (QED) is 0.559. The van der Waals surface area contributed by atoms with Gasteiger partial charge in [-0.3, -0.25) is 4.57 Å². The average Bonchev–Trinajstić information content (AvgIpc) is 3.23. The zero-order chi connectivity index (χ0) is 21.7. The number of carbonyl (C=O) groups excluding carboxylic acids is 1. The predicted molar refractivity (Wildman–Crippen MR) is 124 cm³/mol. The largest absolute Gasteiger partial charge is 0.496 e. The first kappa shape index (κ1) is 20.2. The first-order valence-electron chi connectivity index (χ1n) is 10.6. The van der Waals surface area contributed by atoms with Crippen LogP contribution in [0.15, 0.2) is 45.7 Å². The zero-order valence-electron chi connectivity index (χ0n) is 17.5. The van der Waals surface area contributed by atoms with E-state index in [9.17, 15) is 9.59 Å². The molecule has 0 saturated carbocycles. The number of hydrogen-bond donors (Lipinski definition) is 2. The lowest BCUT2D eigenvalue weighted by molar-refractivity contribution is 0.134. The van der Waals surface area contributed by atoms with Crippen molar-refractivity contribution in [2.75, 3.05) is 12.4 Å². The van der Waals surface area contributed by atoms with Gasteiger partial charge in [-0.15, -0.1) is 0 Å². The number of hydrogen-bond acceptors (Lipinski definition) is 3. The summed E-state index contributed by atoms with van der Waals surface area (Å²) in [6, 6.07) is 11.8. The fourth-order valence-electron chi connectivity index (χ4n) is 5.25. The number of ether oxygens (including phenoxy) is 1. The van der Waals surface area contributed by atoms with Gasteiger partial charge in [-0.05, 0) is 72.3 Å². The van der Waals surface area contributed by atoms with E-state index < -0.39 is 0 Å². The number of aryl methyl sites for hydroxylation is 1. The molecule has 5 rings (SSSR count). The van der Waals surface area contributed by atoms with Gasteiger partial charge >= 0.3 is 11.7 Å². The van der Waals surface area contributed by atoms with Crippen molar-refractivity contribution < 1.29 is 9.53 Å². The summed E-state index contributed by atoms with van der Waals surface area (Å²) in [5.74, 6) is 0.754. The van der Waals surface area contributed by atoms with Crippen molar-refractivity contribution in [3.63, 3.8) is 0 Å². The van der Waals surface area contributed by atoms with E-state index in [2.05, 4.69) is 26.2 Å². The Labute approximate surface area is 188 Å². The van der Waals surface area contributed by atoms with Gasteiger partial charge in [0.15, 0.2) is 0 Å². The summed E-state index contributed by atoms with van der Waals surface area (Å²) in [5.41, 5.74) is 3.40. The van der Waals surface area contributed by atoms with Gasteiger partial charge in [0, 0.05) is 34.4 Å². The molecule has 0 aliphatic carbocycles. The van der Waals surface area contributed by atoms with E-state index in [1.807, 2.05) is 52.8 Å². The van der Waals surface area contributed by atoms with Crippen LogP contribution in [0, 0.1) is 6.92 Å². The molecule has 2 aromatic carbocycles. The summed E-state index contributed by atoms with van der Waals surface area (Å²) in [5, 5.41) is 3.04. The maximum Gasteiger partial charge on any atom is 0.326 e. The number of anilines is 1. The Morgan fingerprint density at radius 3 is 2.61 bits per heavy atom. The number of fused-ring (bicyclic) bond motifs is 3. The molecule has 162 valence electrons. The Hall–Kier alpha value is -2.74. The lowest BCUT2D eigenvalue weighted by Crippen LogP contribution is -2.49. The molecule has 2 aliphatic rings. The van der Waals surface area contributed by atoms with E-state index in [0.717, 1.165) is 58.2 Å². The number of urea groups is 1. The zero-order valence-corrected chi connectivity index (χ0v) is 19.1. The Balaban J connectivity index is 1.37. The topological polar surface area (TPSA) is 79.4 Å². The molecular formula is C23H25BrN4O3. The molecule has 0 radical (unpaired) electrons. The van der Waals surface area contributed by atoms with Crippen molar-refractivity contribution in [3.8, 4) is 5.75 Å². The van der Waals surface area contributed by atoms with Crippen LogP contribution in [0.3, 0.4) is 0 Å². The molecule has 8 heteroatoms. The third kappa shape index (κ3) is 3.43. The van der Waals surface area contributed by atoms with Crippen molar-refractivity contribution in [3.05, 3.63) is 56.9 Å². The lowest BCUT2D eigenvalue weighted by atomic mass is 9.97. The highest BCUT2D eigenvalue weighted by Gasteiger charge is 2.44. The standard InChI is InChI=1S/C23H25BrN4O3/c1-13-6-7-14(10-20(13)31-2)25-22(29)27-15-8-9-16(27)12-17(11-15)28-19-5-3-4-18(24)21(19)26-23(28)30/h3-7,10,15-17H,8-9,11-12H2,1-2H3,(H,25,29)(H,26,30). The number of para-hydroxylation sites is 1. The minimum Gasteiger partial charge on any atom is -0.496 e. The number of amides is 2. The van der Waals surface area contributed by atoms with Crippen LogP contribution >= 0.6 is 15.9 Å². The Bertz CT molecular complexity index is 1200. The molecule has 3 heterocycles. The molecule has 2 fully saturated rings. The van der Waals surface area contributed by atoms with Gasteiger partial charge in [-0.25, -0.2) is 9.59 Å². The fraction of sp³-hybridized carbons (Fsp3) is 0.391. The van der Waals surface area contributed by atoms with E-state index in [0.29, 0.717) is 0 Å². The first-order valence-corrected chi connectivity index (χ1v) is 11.4. The van der Waals surface area contributed by atoms with Crippen molar-refractivity contribution in [2.45, 2.75) is 50.7 Å². The van der Waals surface area contributed by atoms with Crippen LogP contribution in [0.4, 0.5) is 10.5 Å². The predicted octanol–water partition coefficient (Wildman–Crippen LogP) is 4.81. The monoisotopic (exact) mass is 484 g/mol. The molecule has 0 spiro atoms. The molecule has 7 nitrogen and oxygen atoms in total. The van der Waals surface area contributed by atoms with Gasteiger partial charge in [-0.2, -0.15) is 0 Å². The highest BCUT2D eigenvalue weighted by molar-refractivity contribution is 9.10. The minimum absolute atomic E-state index is 0.0779. The number of methoxy groups -OCH3 is 1. The van der Waals surface area contributed by atoms with Crippen LogP contribution < -0.4 is 15.7 Å². The van der Waals surface area contributed by atoms with Crippen LogP contribution in [0.25, 0.3) is 11.0 Å². The van der Waals surface area contributed by atoms with Crippen LogP contribution in [0.1, 0.15) is 37.3 Å². The van der Waals surface area contributed by atoms with Gasteiger partial charge in [0.05, 0.1) is 18.1 Å². The lowest BCUT2D eigenvalue weighted by Gasteiger charge is -2.39. The van der Waals surface area contributed by atoms with Gasteiger partial charge in [0.25, 0.3) is 0 Å². The molecule has 2 N–H and O–H groups in total. The molecule has 2 amide bonds. The number of imidazole rings is 1. The number of piperidine rings is 1. The van der Waals surface area contributed by atoms with Gasteiger partial charge in [0.2, 0.25) is 0 Å². The number of aromatic nitrogens is 2. The van der Waals surface area contributed by atoms with Crippen LogP contribution in [0.5, 0.6) is 5.75 Å². The summed E-state index contributed by atoms with van der Waals surface area (Å²) >= 11 is 3.53. The highest BCUT2D eigenvalue weighted by Crippen LogP contribution is 2.42. The molecule has 1 aromatic heterocycles. The molecule has 2 bridgehead atoms. The molecular weight excluding hydrogens is 460 g/mol. The smallest absolute Gasteiger partial charge is 0.326 e. The maximum atomic E-state index is 13.1. The summed E-state index contributed by atoms with van der Waals surface area (Å²) in [6.45, 7) is 1.97. The summed E-state index contributed by atoms with van der Waals surface area (Å²) in [6.07, 6.45) is 3.49. The maximum absolute atomic E-state index is 13.1. The number of rotatable bonds is 3. The number of carbonyl (C=O) groups is 1. The van der Waals surface area contributed by atoms with Crippen molar-refractivity contribution in [1.82, 2.24) is 14.5 Å². The normalized spacial score (nSPS) is 22.7. The molecule has 31 heavy (non-hydrogen) atoms. The second-order valence-electron chi connectivity index (χ2n) is 8.47. The van der Waals surface area contributed by atoms with E-state index >= 15 is 0 Å². The molecule has 2 saturated heterocycles. The van der Waals surface area contributed by atoms with Crippen LogP contribution in [0.2, 0.25) is 0 Å². The third-order valence-corrected chi connectivity index (χ3v) is 7.33. The van der Waals surface area contributed by atoms with Crippen LogP contribution in [-0.4, -0.2) is 39.7 Å². The second-order valence-corrected chi connectivity index (χ2v) is 9.32. The number of nitrogens with one attached hydrogen (secondary N) is 2. The Morgan fingerprint density at radius 2 is 1.90 bits per heavy atom. The van der Waals surface area contributed by atoms with E-state index in [1.54, 1.807) is 7.11 Å². The molecule has 2 aliphatic heterocycles. The third-order valence-electron chi connectivity index (χ3n) is 6.67. The van der Waals surface area contributed by atoms with Crippen molar-refractivity contribution >= 4 is 38.7 Å². The summed E-state index contributed by atoms with van der Waals surface area (Å²) in [7, 11) is 1.63. The Kier molecular flexibility index (Phi) is 5.04. The number of aromatic amines is 1. The minimum atomic E-state index is -0.0871. The van der Waals surface area contributed by atoms with E-state index in [4.69, 9.17) is 4.74 Å². The van der Waals surface area contributed by atoms with Gasteiger partial charge in [0.1, 0.15) is 5.75 Å².